The van der Waals surface area contributed by atoms with Crippen LogP contribution in [-0.2, 0) is 16.1 Å². The molecule has 0 radical (unpaired) electrons. The van der Waals surface area contributed by atoms with Crippen molar-refractivity contribution in [2.75, 3.05) is 6.54 Å². The highest BCUT2D eigenvalue weighted by Crippen LogP contribution is 2.23. The van der Waals surface area contributed by atoms with Crippen LogP contribution < -0.4 is 5.32 Å². The van der Waals surface area contributed by atoms with Gasteiger partial charge in [-0.25, -0.2) is 0 Å². The van der Waals surface area contributed by atoms with Crippen molar-refractivity contribution in [3.63, 3.8) is 0 Å². The average molecular weight is 262 g/mol. The van der Waals surface area contributed by atoms with Crippen LogP contribution in [0.4, 0.5) is 0 Å². The summed E-state index contributed by atoms with van der Waals surface area (Å²) in [7, 11) is 0. The van der Waals surface area contributed by atoms with E-state index in [4.69, 9.17) is 0 Å². The van der Waals surface area contributed by atoms with Crippen molar-refractivity contribution in [2.45, 2.75) is 33.4 Å². The maximum absolute atomic E-state index is 12.4. The Balaban J connectivity index is 2.16. The van der Waals surface area contributed by atoms with Crippen molar-refractivity contribution < 1.29 is 9.59 Å². The lowest BCUT2D eigenvalue weighted by Gasteiger charge is -2.38. The first-order chi connectivity index (χ1) is 8.88. The van der Waals surface area contributed by atoms with Crippen LogP contribution in [0.1, 0.15) is 26.5 Å². The first-order valence-electron chi connectivity index (χ1n) is 6.22. The number of nitrogens with one attached hydrogen (secondary N) is 1. The van der Waals surface area contributed by atoms with E-state index in [1.54, 1.807) is 18.3 Å². The Hall–Kier alpha value is -1.98. The van der Waals surface area contributed by atoms with Crippen molar-refractivity contribution in [3.05, 3.63) is 24.0 Å². The molecule has 102 valence electrons. The van der Waals surface area contributed by atoms with Gasteiger partial charge in [-0.2, -0.15) is 10.2 Å². The van der Waals surface area contributed by atoms with Crippen molar-refractivity contribution in [3.8, 4) is 0 Å². The third-order valence-electron chi connectivity index (χ3n) is 3.04. The van der Waals surface area contributed by atoms with E-state index < -0.39 is 6.04 Å². The SMILES string of the molecule is CC(C)(C)C1NC(=O)CN(Cc2cccnn2)C1=O. The predicted octanol–water partition coefficient (Wildman–Crippen LogP) is 0.350. The third kappa shape index (κ3) is 3.07. The van der Waals surface area contributed by atoms with E-state index in [-0.39, 0.29) is 23.8 Å². The summed E-state index contributed by atoms with van der Waals surface area (Å²) >= 11 is 0. The maximum Gasteiger partial charge on any atom is 0.246 e. The highest BCUT2D eigenvalue weighted by Gasteiger charge is 2.39. The summed E-state index contributed by atoms with van der Waals surface area (Å²) < 4.78 is 0. The van der Waals surface area contributed by atoms with Crippen molar-refractivity contribution in [2.24, 2.45) is 5.41 Å². The molecule has 0 aromatic carbocycles. The summed E-state index contributed by atoms with van der Waals surface area (Å²) in [6.45, 7) is 6.18. The van der Waals surface area contributed by atoms with E-state index in [0.717, 1.165) is 0 Å². The van der Waals surface area contributed by atoms with Crippen LogP contribution >= 0.6 is 0 Å². The number of hydrogen-bond donors (Lipinski definition) is 1. The van der Waals surface area contributed by atoms with E-state index in [2.05, 4.69) is 15.5 Å². The second-order valence-corrected chi connectivity index (χ2v) is 5.78. The lowest BCUT2D eigenvalue weighted by atomic mass is 9.85. The fourth-order valence-electron chi connectivity index (χ4n) is 2.04. The fourth-order valence-corrected chi connectivity index (χ4v) is 2.04. The maximum atomic E-state index is 12.4. The molecule has 1 N–H and O–H groups in total. The molecule has 2 amide bonds. The number of carbonyl (C=O) groups is 2. The molecule has 1 fully saturated rings. The summed E-state index contributed by atoms with van der Waals surface area (Å²) in [6.07, 6.45) is 1.58. The minimum Gasteiger partial charge on any atom is -0.342 e. The number of hydrogen-bond acceptors (Lipinski definition) is 4. The van der Waals surface area contributed by atoms with Gasteiger partial charge in [-0.3, -0.25) is 9.59 Å². The lowest BCUT2D eigenvalue weighted by molar-refractivity contribution is -0.148. The van der Waals surface area contributed by atoms with E-state index in [1.807, 2.05) is 20.8 Å². The highest BCUT2D eigenvalue weighted by molar-refractivity contribution is 5.95. The number of piperazine rings is 1. The molecule has 1 aliphatic heterocycles. The Morgan fingerprint density at radius 3 is 2.74 bits per heavy atom. The van der Waals surface area contributed by atoms with Gasteiger partial charge in [0.05, 0.1) is 12.2 Å². The summed E-state index contributed by atoms with van der Waals surface area (Å²) in [5, 5.41) is 10.5. The number of carbonyl (C=O) groups excluding carboxylic acids is 2. The Bertz CT molecular complexity index is 481. The van der Waals surface area contributed by atoms with Crippen LogP contribution in [0.25, 0.3) is 0 Å². The molecule has 6 nitrogen and oxygen atoms in total. The molecule has 0 spiro atoms. The molecule has 1 unspecified atom stereocenters. The van der Waals surface area contributed by atoms with E-state index in [9.17, 15) is 9.59 Å². The second-order valence-electron chi connectivity index (χ2n) is 5.78. The Kier molecular flexibility index (Phi) is 3.50. The predicted molar refractivity (Wildman–Crippen MR) is 68.8 cm³/mol. The van der Waals surface area contributed by atoms with Gasteiger partial charge in [0, 0.05) is 6.20 Å². The molecule has 0 bridgehead atoms. The Morgan fingerprint density at radius 1 is 1.42 bits per heavy atom. The van der Waals surface area contributed by atoms with Crippen LogP contribution in [0.15, 0.2) is 18.3 Å². The summed E-state index contributed by atoms with van der Waals surface area (Å²) in [4.78, 5) is 25.6. The van der Waals surface area contributed by atoms with E-state index in [0.29, 0.717) is 12.2 Å². The van der Waals surface area contributed by atoms with Crippen LogP contribution in [-0.4, -0.2) is 39.5 Å². The van der Waals surface area contributed by atoms with Crippen LogP contribution in [0.3, 0.4) is 0 Å². The quantitative estimate of drug-likeness (QED) is 0.834. The number of amides is 2. The standard InChI is InChI=1S/C13H18N4O2/c1-13(2,3)11-12(19)17(8-10(18)15-11)7-9-5-4-6-14-16-9/h4-6,11H,7-8H2,1-3H3,(H,15,18). The molecule has 1 aliphatic rings. The molecular formula is C13H18N4O2. The lowest BCUT2D eigenvalue weighted by Crippen LogP contribution is -2.61. The number of nitrogens with zero attached hydrogens (tertiary/aromatic N) is 3. The smallest absolute Gasteiger partial charge is 0.246 e. The summed E-state index contributed by atoms with van der Waals surface area (Å²) in [6, 6.07) is 3.06. The van der Waals surface area contributed by atoms with Crippen LogP contribution in [0.5, 0.6) is 0 Å². The largest absolute Gasteiger partial charge is 0.342 e. The molecule has 2 rings (SSSR count). The highest BCUT2D eigenvalue weighted by atomic mass is 16.2. The Labute approximate surface area is 112 Å². The van der Waals surface area contributed by atoms with Crippen molar-refractivity contribution >= 4 is 11.8 Å². The molecule has 1 atom stereocenters. The minimum atomic E-state index is -0.495. The zero-order valence-electron chi connectivity index (χ0n) is 11.4. The van der Waals surface area contributed by atoms with Crippen LogP contribution in [0, 0.1) is 5.41 Å². The van der Waals surface area contributed by atoms with E-state index in [1.165, 1.54) is 4.90 Å². The first kappa shape index (κ1) is 13.5. The van der Waals surface area contributed by atoms with Gasteiger partial charge in [0.15, 0.2) is 0 Å². The molecule has 1 saturated heterocycles. The number of rotatable bonds is 2. The normalized spacial score (nSPS) is 20.4. The second kappa shape index (κ2) is 4.95. The number of aromatic nitrogens is 2. The molecule has 19 heavy (non-hydrogen) atoms. The minimum absolute atomic E-state index is 0.0714. The molecule has 0 saturated carbocycles. The van der Waals surface area contributed by atoms with Gasteiger partial charge in [-0.05, 0) is 17.5 Å². The third-order valence-corrected chi connectivity index (χ3v) is 3.04. The van der Waals surface area contributed by atoms with Gasteiger partial charge in [-0.15, -0.1) is 0 Å². The molecule has 6 heteroatoms. The van der Waals surface area contributed by atoms with Gasteiger partial charge in [0.1, 0.15) is 12.6 Å². The molecule has 1 aromatic heterocycles. The molecule has 2 heterocycles. The van der Waals surface area contributed by atoms with Crippen molar-refractivity contribution in [1.82, 2.24) is 20.4 Å². The van der Waals surface area contributed by atoms with Gasteiger partial charge >= 0.3 is 0 Å². The van der Waals surface area contributed by atoms with Gasteiger partial charge in [0.2, 0.25) is 11.8 Å². The zero-order valence-corrected chi connectivity index (χ0v) is 11.4. The monoisotopic (exact) mass is 262 g/mol. The Morgan fingerprint density at radius 2 is 2.16 bits per heavy atom. The van der Waals surface area contributed by atoms with Gasteiger partial charge in [-0.1, -0.05) is 20.8 Å². The molecule has 0 aliphatic carbocycles. The van der Waals surface area contributed by atoms with Crippen molar-refractivity contribution in [1.29, 1.82) is 0 Å². The molecular weight excluding hydrogens is 244 g/mol. The summed E-state index contributed by atoms with van der Waals surface area (Å²) in [5.41, 5.74) is 0.367. The van der Waals surface area contributed by atoms with E-state index >= 15 is 0 Å². The topological polar surface area (TPSA) is 75.2 Å². The van der Waals surface area contributed by atoms with Gasteiger partial charge < -0.3 is 10.2 Å². The first-order valence-corrected chi connectivity index (χ1v) is 6.22. The summed E-state index contributed by atoms with van der Waals surface area (Å²) in [5.74, 6) is -0.207. The fraction of sp³-hybridized carbons (Fsp3) is 0.538. The molecule has 1 aromatic rings. The van der Waals surface area contributed by atoms with Crippen LogP contribution in [0.2, 0.25) is 0 Å². The van der Waals surface area contributed by atoms with Gasteiger partial charge in [0.25, 0.3) is 0 Å². The average Bonchev–Trinajstić information content (AvgIpc) is 2.33. The zero-order chi connectivity index (χ0) is 14.0.